The average molecular weight is 566 g/mol. The highest BCUT2D eigenvalue weighted by atomic mass is 15.2. The molecule has 2 heterocycles. The van der Waals surface area contributed by atoms with Crippen LogP contribution in [0.25, 0.3) is 61.4 Å². The zero-order chi connectivity index (χ0) is 29.5. The molecule has 0 fully saturated rings. The Balaban J connectivity index is 1.29. The second-order valence-corrected chi connectivity index (χ2v) is 11.5. The number of hydrogen-bond donors (Lipinski definition) is 0. The molecule has 2 unspecified atom stereocenters. The van der Waals surface area contributed by atoms with Crippen molar-refractivity contribution < 1.29 is 0 Å². The van der Waals surface area contributed by atoms with Gasteiger partial charge in [-0.1, -0.05) is 146 Å². The molecule has 1 aliphatic rings. The molecule has 0 aliphatic heterocycles. The van der Waals surface area contributed by atoms with Crippen molar-refractivity contribution in [2.45, 2.75) is 12.8 Å². The van der Waals surface area contributed by atoms with Crippen LogP contribution in [0.15, 0.2) is 158 Å². The number of nitrogens with zero attached hydrogens (tertiary/aromatic N) is 3. The Morgan fingerprint density at radius 1 is 0.500 bits per heavy atom. The summed E-state index contributed by atoms with van der Waals surface area (Å²) < 4.78 is 2.20. The molecule has 0 N–H and O–H groups in total. The summed E-state index contributed by atoms with van der Waals surface area (Å²) in [7, 11) is 0. The van der Waals surface area contributed by atoms with Gasteiger partial charge >= 0.3 is 0 Å². The number of benzene rings is 5. The van der Waals surface area contributed by atoms with Crippen molar-refractivity contribution in [3.8, 4) is 39.6 Å². The maximum absolute atomic E-state index is 5.22. The number of rotatable bonds is 5. The molecule has 2 aromatic heterocycles. The fraction of sp³-hybridized carbons (Fsp3) is 0.0732. The van der Waals surface area contributed by atoms with Crippen LogP contribution in [0.4, 0.5) is 0 Å². The highest BCUT2D eigenvalue weighted by molar-refractivity contribution is 6.09. The molecule has 0 amide bonds. The zero-order valence-electron chi connectivity index (χ0n) is 24.5. The quantitative estimate of drug-likeness (QED) is 0.208. The van der Waals surface area contributed by atoms with E-state index in [0.29, 0.717) is 17.8 Å². The van der Waals surface area contributed by atoms with E-state index in [1.54, 1.807) is 0 Å². The molecule has 0 bridgehead atoms. The molecule has 210 valence electrons. The van der Waals surface area contributed by atoms with Crippen molar-refractivity contribution in [2.24, 2.45) is 5.92 Å². The Hall–Kier alpha value is -5.54. The summed E-state index contributed by atoms with van der Waals surface area (Å²) in [6.07, 6.45) is 8.86. The van der Waals surface area contributed by atoms with Gasteiger partial charge in [0.25, 0.3) is 0 Å². The van der Waals surface area contributed by atoms with Gasteiger partial charge in [0.15, 0.2) is 0 Å². The summed E-state index contributed by atoms with van der Waals surface area (Å²) in [5, 5.41) is 2.39. The molecule has 2 atom stereocenters. The highest BCUT2D eigenvalue weighted by Crippen LogP contribution is 2.35. The molecule has 0 spiro atoms. The monoisotopic (exact) mass is 565 g/mol. The summed E-state index contributed by atoms with van der Waals surface area (Å²) in [5.41, 5.74) is 9.81. The standard InChI is InChI=1S/C41H31N3/c1-28-11-5-6-14-34(28)31-21-25-33(26-22-31)38-27-37(32-23-19-30(20-24-32)29-12-3-2-4-13-29)42-41(43-38)44-39-17-9-7-15-35(39)36-16-8-10-18-40(36)44/h2-28,34H,1H3. The Kier molecular flexibility index (Phi) is 6.49. The van der Waals surface area contributed by atoms with Crippen LogP contribution in [0.1, 0.15) is 18.4 Å². The van der Waals surface area contributed by atoms with Crippen LogP contribution in [0.5, 0.6) is 0 Å². The van der Waals surface area contributed by atoms with Gasteiger partial charge in [-0.25, -0.2) is 9.97 Å². The second-order valence-electron chi connectivity index (χ2n) is 11.5. The molecule has 3 heteroatoms. The van der Waals surface area contributed by atoms with Crippen LogP contribution in [-0.4, -0.2) is 14.5 Å². The van der Waals surface area contributed by atoms with Crippen LogP contribution >= 0.6 is 0 Å². The molecule has 0 saturated carbocycles. The van der Waals surface area contributed by atoms with Crippen molar-refractivity contribution in [1.82, 2.24) is 14.5 Å². The maximum atomic E-state index is 5.22. The minimum absolute atomic E-state index is 0.381. The Labute approximate surface area is 257 Å². The third kappa shape index (κ3) is 4.63. The molecule has 0 radical (unpaired) electrons. The molecule has 3 nitrogen and oxygen atoms in total. The average Bonchev–Trinajstić information content (AvgIpc) is 3.43. The molecular weight excluding hydrogens is 534 g/mol. The van der Waals surface area contributed by atoms with E-state index < -0.39 is 0 Å². The first kappa shape index (κ1) is 26.1. The summed E-state index contributed by atoms with van der Waals surface area (Å²) in [6.45, 7) is 2.27. The van der Waals surface area contributed by atoms with Crippen molar-refractivity contribution in [2.75, 3.05) is 0 Å². The van der Waals surface area contributed by atoms with Gasteiger partial charge in [-0.2, -0.15) is 0 Å². The van der Waals surface area contributed by atoms with Crippen LogP contribution in [0, 0.1) is 5.92 Å². The fourth-order valence-electron chi connectivity index (χ4n) is 6.44. The van der Waals surface area contributed by atoms with E-state index in [2.05, 4.69) is 163 Å². The summed E-state index contributed by atoms with van der Waals surface area (Å²) >= 11 is 0. The summed E-state index contributed by atoms with van der Waals surface area (Å²) in [4.78, 5) is 10.4. The normalized spacial score (nSPS) is 16.1. The first-order valence-electron chi connectivity index (χ1n) is 15.2. The molecule has 44 heavy (non-hydrogen) atoms. The van der Waals surface area contributed by atoms with Crippen molar-refractivity contribution >= 4 is 21.8 Å². The van der Waals surface area contributed by atoms with Crippen LogP contribution in [0.2, 0.25) is 0 Å². The molecule has 8 rings (SSSR count). The third-order valence-electron chi connectivity index (χ3n) is 8.78. The minimum atomic E-state index is 0.381. The fourth-order valence-corrected chi connectivity index (χ4v) is 6.44. The topological polar surface area (TPSA) is 30.7 Å². The Bertz CT molecular complexity index is 2120. The Morgan fingerprint density at radius 3 is 1.61 bits per heavy atom. The number of para-hydroxylation sites is 2. The van der Waals surface area contributed by atoms with Gasteiger partial charge in [-0.05, 0) is 40.8 Å². The molecular formula is C41H31N3. The molecule has 0 saturated heterocycles. The van der Waals surface area contributed by atoms with Crippen LogP contribution in [-0.2, 0) is 0 Å². The highest BCUT2D eigenvalue weighted by Gasteiger charge is 2.18. The zero-order valence-corrected chi connectivity index (χ0v) is 24.5. The number of aromatic nitrogens is 3. The first-order chi connectivity index (χ1) is 21.7. The lowest BCUT2D eigenvalue weighted by molar-refractivity contribution is 0.635. The second kappa shape index (κ2) is 10.9. The van der Waals surface area contributed by atoms with Crippen LogP contribution in [0.3, 0.4) is 0 Å². The third-order valence-corrected chi connectivity index (χ3v) is 8.78. The van der Waals surface area contributed by atoms with E-state index in [0.717, 1.165) is 33.5 Å². The summed E-state index contributed by atoms with van der Waals surface area (Å²) in [5.74, 6) is 1.52. The van der Waals surface area contributed by atoms with Gasteiger partial charge in [0.1, 0.15) is 0 Å². The number of hydrogen-bond acceptors (Lipinski definition) is 2. The van der Waals surface area contributed by atoms with Crippen molar-refractivity contribution in [1.29, 1.82) is 0 Å². The first-order valence-corrected chi connectivity index (χ1v) is 15.2. The summed E-state index contributed by atoms with van der Waals surface area (Å²) in [6, 6.07) is 47.2. The van der Waals surface area contributed by atoms with E-state index in [1.165, 1.54) is 27.5 Å². The Morgan fingerprint density at radius 2 is 1.00 bits per heavy atom. The smallest absolute Gasteiger partial charge is 0.235 e. The lowest BCUT2D eigenvalue weighted by Crippen LogP contribution is -2.07. The molecule has 1 aliphatic carbocycles. The van der Waals surface area contributed by atoms with Crippen molar-refractivity contribution in [3.63, 3.8) is 0 Å². The van der Waals surface area contributed by atoms with E-state index >= 15 is 0 Å². The predicted molar refractivity (Wildman–Crippen MR) is 183 cm³/mol. The van der Waals surface area contributed by atoms with Gasteiger partial charge < -0.3 is 0 Å². The van der Waals surface area contributed by atoms with E-state index in [9.17, 15) is 0 Å². The predicted octanol–water partition coefficient (Wildman–Crippen LogP) is 10.4. The minimum Gasteiger partial charge on any atom is -0.278 e. The SMILES string of the molecule is CC1C=CC=CC1c1ccc(-c2cc(-c3ccc(-c4ccccc4)cc3)nc(-n3c4ccccc4c4ccccc43)n2)cc1. The lowest BCUT2D eigenvalue weighted by atomic mass is 9.84. The van der Waals surface area contributed by atoms with Crippen LogP contribution < -0.4 is 0 Å². The molecule has 7 aromatic rings. The van der Waals surface area contributed by atoms with Crippen molar-refractivity contribution in [3.05, 3.63) is 163 Å². The van der Waals surface area contributed by atoms with E-state index in [4.69, 9.17) is 9.97 Å². The number of allylic oxidation sites excluding steroid dienone is 4. The molecule has 5 aromatic carbocycles. The van der Waals surface area contributed by atoms with Gasteiger partial charge in [-0.3, -0.25) is 4.57 Å². The van der Waals surface area contributed by atoms with Gasteiger partial charge in [0.05, 0.1) is 22.4 Å². The van der Waals surface area contributed by atoms with Gasteiger partial charge in [0, 0.05) is 27.8 Å². The largest absolute Gasteiger partial charge is 0.278 e. The number of fused-ring (bicyclic) bond motifs is 3. The van der Waals surface area contributed by atoms with E-state index in [1.807, 2.05) is 6.07 Å². The van der Waals surface area contributed by atoms with Gasteiger partial charge in [0.2, 0.25) is 5.95 Å². The van der Waals surface area contributed by atoms with Gasteiger partial charge in [-0.15, -0.1) is 0 Å². The van der Waals surface area contributed by atoms with E-state index in [-0.39, 0.29) is 0 Å². The lowest BCUT2D eigenvalue weighted by Gasteiger charge is -2.21. The maximum Gasteiger partial charge on any atom is 0.235 e.